The maximum Gasteiger partial charge on any atom is 0.303 e. The number of aliphatic carboxylic acids is 2. The van der Waals surface area contributed by atoms with Crippen molar-refractivity contribution in [3.05, 3.63) is 71.9 Å². The highest BCUT2D eigenvalue weighted by Gasteiger charge is 2.46. The highest BCUT2D eigenvalue weighted by molar-refractivity contribution is 6.06. The van der Waals surface area contributed by atoms with Gasteiger partial charge in [-0.15, -0.1) is 0 Å². The summed E-state index contributed by atoms with van der Waals surface area (Å²) in [5, 5.41) is 90.1. The lowest BCUT2D eigenvalue weighted by atomic mass is 9.96. The number of imide groups is 1. The monoisotopic (exact) mass is 1620 g/mol. The molecule has 1 saturated heterocycles. The molecule has 115 heavy (non-hydrogen) atoms. The number of amides is 13. The van der Waals surface area contributed by atoms with Gasteiger partial charge < -0.3 is 117 Å². The number of nitrogens with two attached hydrogens (primary N) is 4. The molecule has 2 heterocycles. The Hall–Kier alpha value is -11.4. The Kier molecular flexibility index (Phi) is 39.5. The lowest BCUT2D eigenvalue weighted by Crippen LogP contribution is -2.66. The molecule has 25 N–H and O–H groups in total. The van der Waals surface area contributed by atoms with Crippen molar-refractivity contribution in [3.63, 3.8) is 0 Å². The van der Waals surface area contributed by atoms with E-state index in [1.54, 1.807) is 89.2 Å². The number of guanidine groups is 2. The Morgan fingerprint density at radius 1 is 0.530 bits per heavy atom. The van der Waals surface area contributed by atoms with Crippen LogP contribution < -0.4 is 76.1 Å². The molecule has 1 aliphatic rings. The largest absolute Gasteiger partial charge is 0.481 e. The minimum absolute atomic E-state index is 0.0507. The molecular weight excluding hydrogens is 1500 g/mol. The van der Waals surface area contributed by atoms with Crippen molar-refractivity contribution in [1.29, 1.82) is 0 Å². The first-order chi connectivity index (χ1) is 54.2. The number of carboxylic acids is 2. The number of hydrogen-bond donors (Lipinski definition) is 21. The fourth-order valence-electron chi connectivity index (χ4n) is 12.6. The maximum atomic E-state index is 15.4. The number of aliphatic hydroxyl groups excluding tert-OH is 4. The molecular formula is C75H115N19O21. The fraction of sp³-hybridized carbons (Fsp3) is 0.587. The van der Waals surface area contributed by atoms with Crippen LogP contribution in [-0.4, -0.2) is 264 Å². The molecule has 0 bridgehead atoms. The number of rotatable bonds is 29. The predicted molar refractivity (Wildman–Crippen MR) is 418 cm³/mol. The van der Waals surface area contributed by atoms with Crippen LogP contribution in [0.4, 0.5) is 0 Å². The third kappa shape index (κ3) is 31.5. The summed E-state index contributed by atoms with van der Waals surface area (Å²) in [5.74, 6) is -21.1. The van der Waals surface area contributed by atoms with Crippen molar-refractivity contribution in [3.8, 4) is 0 Å². The minimum Gasteiger partial charge on any atom is -0.481 e. The van der Waals surface area contributed by atoms with Crippen LogP contribution in [0.1, 0.15) is 144 Å². The molecule has 1 aromatic heterocycles. The molecule has 1 fully saturated rings. The normalized spacial score (nSPS) is 23.5. The number of aliphatic imine (C=N–C) groups is 2. The van der Waals surface area contributed by atoms with Crippen LogP contribution in [0, 0.1) is 17.8 Å². The number of aliphatic hydroxyl groups is 4. The third-order valence-electron chi connectivity index (χ3n) is 19.0. The number of benzene rings is 2. The Balaban J connectivity index is 2.05. The molecule has 0 saturated carbocycles. The van der Waals surface area contributed by atoms with Crippen LogP contribution >= 0.6 is 0 Å². The van der Waals surface area contributed by atoms with Crippen LogP contribution in [-0.2, 0) is 84.8 Å². The number of carbonyl (C=O) groups excluding carboxylic acids is 13. The molecule has 3 aromatic rings. The predicted octanol–water partition coefficient (Wildman–Crippen LogP) is -4.52. The number of H-pyrrole nitrogens is 1. The average Bonchev–Trinajstić information content (AvgIpc) is 1.05. The van der Waals surface area contributed by atoms with Gasteiger partial charge in [0, 0.05) is 62.9 Å². The molecule has 4 rings (SSSR count). The van der Waals surface area contributed by atoms with E-state index >= 15 is 19.2 Å². The van der Waals surface area contributed by atoms with Crippen molar-refractivity contribution >= 4 is 112 Å². The second-order valence-corrected chi connectivity index (χ2v) is 29.4. The molecule has 40 nitrogen and oxygen atoms in total. The van der Waals surface area contributed by atoms with Crippen LogP contribution in [0.5, 0.6) is 0 Å². The number of carboxylic acid groups (broad SMARTS) is 2. The summed E-state index contributed by atoms with van der Waals surface area (Å²) in [6.07, 6.45) is -9.92. The molecule has 0 unspecified atom stereocenters. The van der Waals surface area contributed by atoms with Crippen LogP contribution in [0.25, 0.3) is 10.9 Å². The topological polar surface area (TPSA) is 649 Å². The number of fused-ring (bicyclic) bond motifs is 1. The van der Waals surface area contributed by atoms with E-state index in [9.17, 15) is 83.4 Å². The zero-order valence-electron chi connectivity index (χ0n) is 66.2. The van der Waals surface area contributed by atoms with Gasteiger partial charge in [0.1, 0.15) is 66.5 Å². The summed E-state index contributed by atoms with van der Waals surface area (Å²) in [6.45, 7) is 9.40. The molecule has 636 valence electrons. The second kappa shape index (κ2) is 47.3. The number of para-hydroxylation sites is 1. The lowest BCUT2D eigenvalue weighted by Gasteiger charge is -2.36. The lowest BCUT2D eigenvalue weighted by molar-refractivity contribution is -0.160. The molecule has 40 heteroatoms. The summed E-state index contributed by atoms with van der Waals surface area (Å²) < 4.78 is 0. The quantitative estimate of drug-likeness (QED) is 0.0177. The van der Waals surface area contributed by atoms with Crippen molar-refractivity contribution < 1.29 is 103 Å². The van der Waals surface area contributed by atoms with Crippen LogP contribution in [0.3, 0.4) is 0 Å². The van der Waals surface area contributed by atoms with Gasteiger partial charge >= 0.3 is 11.9 Å². The minimum atomic E-state index is -2.41. The first-order valence-corrected chi connectivity index (χ1v) is 38.1. The third-order valence-corrected chi connectivity index (χ3v) is 19.0. The van der Waals surface area contributed by atoms with Gasteiger partial charge in [-0.05, 0) is 100 Å². The van der Waals surface area contributed by atoms with Crippen molar-refractivity contribution in [1.82, 2.24) is 68.0 Å². The molecule has 0 spiro atoms. The molecule has 15 atom stereocenters. The van der Waals surface area contributed by atoms with Gasteiger partial charge in [-0.25, -0.2) is 0 Å². The Morgan fingerprint density at radius 3 is 1.49 bits per heavy atom. The zero-order chi connectivity index (χ0) is 86.1. The van der Waals surface area contributed by atoms with E-state index in [1.165, 1.54) is 20.2 Å². The number of nitrogens with zero attached hydrogens (tertiary/aromatic N) is 4. The SMILES string of the molecule is CC[C@@H](C)[C@H]1NC(=O)[C@H](Cc2c[nH]c3ccccc23)NC(=O)[C@H](CCC(=O)O)NC(=O)[C@@H](CCC(=O)O)NC(=O)[C@H](CCCN=C(N)N)NC(=O)[C@@H](CC(C)C)NC(=O)[C@H](Cc2ccccc2)N(C)C(=O)CNC(=O)[C@@H](CO)NC(=O)[C@H](CCCN=C(N)N)NC(=O)[C@@H]([C@H](C)O)N(C(=O)C[C@@H](O)CC(C)C)C(=O)[C@@H]([C@H](C)O)NC1=O. The highest BCUT2D eigenvalue weighted by Crippen LogP contribution is 2.23. The summed E-state index contributed by atoms with van der Waals surface area (Å²) in [4.78, 5) is 229. The van der Waals surface area contributed by atoms with E-state index in [2.05, 4.69) is 68.1 Å². The van der Waals surface area contributed by atoms with Crippen LogP contribution in [0.15, 0.2) is 70.8 Å². The van der Waals surface area contributed by atoms with Gasteiger partial charge in [0.25, 0.3) is 5.91 Å². The Morgan fingerprint density at radius 2 is 1.00 bits per heavy atom. The van der Waals surface area contributed by atoms with Crippen molar-refractivity contribution in [2.75, 3.05) is 33.3 Å². The summed E-state index contributed by atoms with van der Waals surface area (Å²) in [5.41, 5.74) is 23.7. The van der Waals surface area contributed by atoms with Crippen molar-refractivity contribution in [2.45, 2.75) is 230 Å². The van der Waals surface area contributed by atoms with Gasteiger partial charge in [-0.2, -0.15) is 0 Å². The number of hydrogen-bond acceptors (Lipinski definition) is 21. The van der Waals surface area contributed by atoms with Gasteiger partial charge in [0.15, 0.2) is 11.9 Å². The van der Waals surface area contributed by atoms with E-state index in [0.717, 1.165) is 18.7 Å². The van der Waals surface area contributed by atoms with Gasteiger partial charge in [-0.3, -0.25) is 86.8 Å². The van der Waals surface area contributed by atoms with E-state index in [-0.39, 0.29) is 80.8 Å². The summed E-state index contributed by atoms with van der Waals surface area (Å²) in [7, 11) is 1.20. The van der Waals surface area contributed by atoms with E-state index in [0.29, 0.717) is 22.0 Å². The van der Waals surface area contributed by atoms with E-state index in [1.807, 2.05) is 0 Å². The standard InChI is InChI=1S/C75H115N19O21/c1-10-40(6)60-71(113)92-61(41(7)96)73(115)94(56(99)34-45(98)30-38(2)3)62(42(8)97)72(114)87-49(23-17-29-81-75(78)79)65(107)90-54(37-95)63(105)83-36-57(100)93(9)55(32-43-18-12-11-13-19-43)70(112)89-52(31-39(4)5)68(110)84-48(22-16-28-80-74(76)77)64(106)85-50(24-26-58(101)102)66(108)86-51(25-27-59(103)104)67(109)88-53(69(111)91-60)33-44-35-82-47-21-15-14-20-46(44)47/h11-15,18-21,35,38-42,45,48-55,60-62,82,95-98H,10,16-17,22-34,36-37H2,1-9H3,(H,83,105)(H,84,110)(H,85,106)(H,86,108)(H,87,114)(H,88,109)(H,89,112)(H,90,107)(H,91,111)(H,92,113)(H,101,102)(H,103,104)(H4,76,77,80)(H4,78,79,81)/t40-,41+,42+,45+,48+,49+,50-,51+,52-,53+,54-,55+,60-,61-,62-/m1/s1. The van der Waals surface area contributed by atoms with Gasteiger partial charge in [0.2, 0.25) is 70.9 Å². The summed E-state index contributed by atoms with van der Waals surface area (Å²) in [6, 6.07) is -5.64. The fourth-order valence-corrected chi connectivity index (χ4v) is 12.6. The number of likely N-dealkylation sites (N-methyl/N-ethyl adjacent to an activating group) is 1. The highest BCUT2D eigenvalue weighted by atomic mass is 16.4. The van der Waals surface area contributed by atoms with Crippen molar-refractivity contribution in [2.24, 2.45) is 50.7 Å². The molecule has 0 radical (unpaired) electrons. The second-order valence-electron chi connectivity index (χ2n) is 29.4. The number of aromatic amines is 1. The molecule has 1 aliphatic heterocycles. The molecule has 2 aromatic carbocycles. The Labute approximate surface area is 665 Å². The molecule has 13 amide bonds. The smallest absolute Gasteiger partial charge is 0.303 e. The number of carbonyl (C=O) groups is 15. The zero-order valence-corrected chi connectivity index (χ0v) is 66.2. The van der Waals surface area contributed by atoms with E-state index < -0.39 is 243 Å². The Bertz CT molecular complexity index is 3900. The van der Waals surface area contributed by atoms with Gasteiger partial charge in [0.05, 0.1) is 37.9 Å². The first kappa shape index (κ1) is 96.0. The van der Waals surface area contributed by atoms with Gasteiger partial charge in [-0.1, -0.05) is 96.5 Å². The average molecular weight is 1620 g/mol. The first-order valence-electron chi connectivity index (χ1n) is 38.1. The van der Waals surface area contributed by atoms with E-state index in [4.69, 9.17) is 22.9 Å². The summed E-state index contributed by atoms with van der Waals surface area (Å²) >= 11 is 0. The molecule has 0 aliphatic carbocycles. The maximum absolute atomic E-state index is 15.4. The van der Waals surface area contributed by atoms with Crippen LogP contribution in [0.2, 0.25) is 0 Å². The number of aromatic nitrogens is 1. The number of nitrogens with one attached hydrogen (secondary N) is 11.